The van der Waals surface area contributed by atoms with Crippen LogP contribution in [0.1, 0.15) is 29.8 Å². The van der Waals surface area contributed by atoms with Crippen LogP contribution in [0.2, 0.25) is 0 Å². The minimum atomic E-state index is -0.551. The number of amides is 1. The minimum Gasteiger partial charge on any atom is -0.496 e. The third kappa shape index (κ3) is 5.33. The molecule has 0 aliphatic carbocycles. The number of nitrogens with zero attached hydrogens (tertiary/aromatic N) is 1. The molecule has 0 fully saturated rings. The van der Waals surface area contributed by atoms with Gasteiger partial charge in [0.05, 0.1) is 17.1 Å². The summed E-state index contributed by atoms with van der Waals surface area (Å²) in [6.45, 7) is 4.04. The Morgan fingerprint density at radius 1 is 1.12 bits per heavy atom. The monoisotopic (exact) mass is 419 g/mol. The van der Waals surface area contributed by atoms with Crippen LogP contribution in [0.4, 0.5) is 0 Å². The van der Waals surface area contributed by atoms with Crippen molar-refractivity contribution >= 4 is 27.8 Å². The molecule has 0 heterocycles. The molecule has 0 aliphatic heterocycles. The standard InChI is InChI=1S/C20H22BrNO4/c1-14(2)22(12-15-7-5-4-6-8-15)19(23)13-26-20(24)16-9-10-18(25-3)17(21)11-16/h4-11,14H,12-13H2,1-3H3. The van der Waals surface area contributed by atoms with Crippen molar-refractivity contribution in [3.05, 3.63) is 64.1 Å². The number of hydrogen-bond acceptors (Lipinski definition) is 4. The van der Waals surface area contributed by atoms with Crippen molar-refractivity contribution in [3.63, 3.8) is 0 Å². The molecule has 2 aromatic rings. The molecule has 0 radical (unpaired) electrons. The molecule has 138 valence electrons. The summed E-state index contributed by atoms with van der Waals surface area (Å²) in [6, 6.07) is 14.6. The summed E-state index contributed by atoms with van der Waals surface area (Å²) < 4.78 is 11.0. The third-order valence-electron chi connectivity index (χ3n) is 3.85. The van der Waals surface area contributed by atoms with Gasteiger partial charge in [-0.05, 0) is 53.5 Å². The molecule has 0 unspecified atom stereocenters. The number of carbonyl (C=O) groups excluding carboxylic acids is 2. The van der Waals surface area contributed by atoms with Crippen molar-refractivity contribution in [3.8, 4) is 5.75 Å². The molecule has 0 atom stereocenters. The van der Waals surface area contributed by atoms with Gasteiger partial charge in [-0.15, -0.1) is 0 Å². The summed E-state index contributed by atoms with van der Waals surface area (Å²) in [7, 11) is 1.55. The third-order valence-corrected chi connectivity index (χ3v) is 4.47. The second kappa shape index (κ2) is 9.38. The second-order valence-corrected chi connectivity index (χ2v) is 6.88. The van der Waals surface area contributed by atoms with Gasteiger partial charge in [-0.2, -0.15) is 0 Å². The first-order valence-electron chi connectivity index (χ1n) is 8.26. The van der Waals surface area contributed by atoms with E-state index in [9.17, 15) is 9.59 Å². The lowest BCUT2D eigenvalue weighted by Crippen LogP contribution is -2.39. The van der Waals surface area contributed by atoms with E-state index in [1.165, 1.54) is 0 Å². The molecule has 26 heavy (non-hydrogen) atoms. The zero-order valence-electron chi connectivity index (χ0n) is 15.1. The Balaban J connectivity index is 1.98. The maximum Gasteiger partial charge on any atom is 0.338 e. The first-order valence-corrected chi connectivity index (χ1v) is 9.05. The Morgan fingerprint density at radius 3 is 2.38 bits per heavy atom. The summed E-state index contributed by atoms with van der Waals surface area (Å²) in [4.78, 5) is 26.4. The molecule has 0 saturated heterocycles. The molecule has 1 amide bonds. The zero-order valence-corrected chi connectivity index (χ0v) is 16.7. The average molecular weight is 420 g/mol. The molecule has 0 aromatic heterocycles. The van der Waals surface area contributed by atoms with Gasteiger partial charge in [0.1, 0.15) is 5.75 Å². The number of benzene rings is 2. The molecule has 0 aliphatic rings. The highest BCUT2D eigenvalue weighted by Crippen LogP contribution is 2.25. The van der Waals surface area contributed by atoms with Crippen molar-refractivity contribution < 1.29 is 19.1 Å². The summed E-state index contributed by atoms with van der Waals surface area (Å²) >= 11 is 3.33. The van der Waals surface area contributed by atoms with E-state index in [4.69, 9.17) is 9.47 Å². The van der Waals surface area contributed by atoms with E-state index >= 15 is 0 Å². The summed E-state index contributed by atoms with van der Waals surface area (Å²) in [5.41, 5.74) is 1.38. The van der Waals surface area contributed by atoms with Crippen LogP contribution < -0.4 is 4.74 Å². The fraction of sp³-hybridized carbons (Fsp3) is 0.300. The normalized spacial score (nSPS) is 10.5. The quantitative estimate of drug-likeness (QED) is 0.635. The molecular formula is C20H22BrNO4. The van der Waals surface area contributed by atoms with Gasteiger partial charge < -0.3 is 14.4 Å². The van der Waals surface area contributed by atoms with Crippen LogP contribution in [0.25, 0.3) is 0 Å². The van der Waals surface area contributed by atoms with Gasteiger partial charge >= 0.3 is 5.97 Å². The summed E-state index contributed by atoms with van der Waals surface area (Å²) in [5.74, 6) is -0.165. The maximum atomic E-state index is 12.5. The lowest BCUT2D eigenvalue weighted by atomic mass is 10.2. The topological polar surface area (TPSA) is 55.8 Å². The van der Waals surface area contributed by atoms with Crippen molar-refractivity contribution in [2.24, 2.45) is 0 Å². The number of carbonyl (C=O) groups is 2. The van der Waals surface area contributed by atoms with Gasteiger partial charge in [0.25, 0.3) is 5.91 Å². The maximum absolute atomic E-state index is 12.5. The molecule has 0 saturated carbocycles. The first kappa shape index (κ1) is 20.0. The van der Waals surface area contributed by atoms with E-state index in [0.717, 1.165) is 5.56 Å². The molecule has 6 heteroatoms. The Morgan fingerprint density at radius 2 is 1.81 bits per heavy atom. The van der Waals surface area contributed by atoms with E-state index in [1.54, 1.807) is 30.2 Å². The Kier molecular flexibility index (Phi) is 7.21. The van der Waals surface area contributed by atoms with Crippen LogP contribution in [0.15, 0.2) is 53.0 Å². The SMILES string of the molecule is COc1ccc(C(=O)OCC(=O)N(Cc2ccccc2)C(C)C)cc1Br. The number of hydrogen-bond donors (Lipinski definition) is 0. The lowest BCUT2D eigenvalue weighted by Gasteiger charge is -2.26. The van der Waals surface area contributed by atoms with E-state index < -0.39 is 5.97 Å². The molecule has 0 N–H and O–H groups in total. The Bertz CT molecular complexity index is 762. The van der Waals surface area contributed by atoms with Crippen LogP contribution in [0.3, 0.4) is 0 Å². The zero-order chi connectivity index (χ0) is 19.1. The van der Waals surface area contributed by atoms with Gasteiger partial charge in [-0.25, -0.2) is 4.79 Å². The fourth-order valence-corrected chi connectivity index (χ4v) is 2.97. The summed E-state index contributed by atoms with van der Waals surface area (Å²) in [6.07, 6.45) is 0. The van der Waals surface area contributed by atoms with Gasteiger partial charge in [0.15, 0.2) is 6.61 Å². The number of halogens is 1. The van der Waals surface area contributed by atoms with Gasteiger partial charge in [0.2, 0.25) is 0 Å². The average Bonchev–Trinajstić information content (AvgIpc) is 2.64. The highest BCUT2D eigenvalue weighted by atomic mass is 79.9. The number of methoxy groups -OCH3 is 1. The Labute approximate surface area is 162 Å². The Hall–Kier alpha value is -2.34. The van der Waals surface area contributed by atoms with Gasteiger partial charge in [0, 0.05) is 12.6 Å². The van der Waals surface area contributed by atoms with E-state index in [0.29, 0.717) is 22.3 Å². The molecule has 5 nitrogen and oxygen atoms in total. The lowest BCUT2D eigenvalue weighted by molar-refractivity contribution is -0.136. The molecule has 2 rings (SSSR count). The number of ether oxygens (including phenoxy) is 2. The van der Waals surface area contributed by atoms with Crippen molar-refractivity contribution in [1.82, 2.24) is 4.90 Å². The molecular weight excluding hydrogens is 398 g/mol. The highest BCUT2D eigenvalue weighted by molar-refractivity contribution is 9.10. The van der Waals surface area contributed by atoms with E-state index in [-0.39, 0.29) is 18.6 Å². The van der Waals surface area contributed by atoms with E-state index in [2.05, 4.69) is 15.9 Å². The van der Waals surface area contributed by atoms with Crippen LogP contribution in [0.5, 0.6) is 5.75 Å². The van der Waals surface area contributed by atoms with Gasteiger partial charge in [-0.1, -0.05) is 30.3 Å². The second-order valence-electron chi connectivity index (χ2n) is 6.03. The van der Waals surface area contributed by atoms with Crippen LogP contribution in [-0.2, 0) is 16.1 Å². The number of esters is 1. The smallest absolute Gasteiger partial charge is 0.338 e. The van der Waals surface area contributed by atoms with Crippen molar-refractivity contribution in [2.75, 3.05) is 13.7 Å². The number of rotatable bonds is 7. The van der Waals surface area contributed by atoms with E-state index in [1.807, 2.05) is 44.2 Å². The van der Waals surface area contributed by atoms with Crippen molar-refractivity contribution in [2.45, 2.75) is 26.4 Å². The fourth-order valence-electron chi connectivity index (χ4n) is 2.43. The minimum absolute atomic E-state index is 0.00320. The van der Waals surface area contributed by atoms with Gasteiger partial charge in [-0.3, -0.25) is 4.79 Å². The largest absolute Gasteiger partial charge is 0.496 e. The highest BCUT2D eigenvalue weighted by Gasteiger charge is 2.20. The van der Waals surface area contributed by atoms with Crippen LogP contribution in [-0.4, -0.2) is 36.5 Å². The summed E-state index contributed by atoms with van der Waals surface area (Å²) in [5, 5.41) is 0. The predicted octanol–water partition coefficient (Wildman–Crippen LogP) is 4.05. The van der Waals surface area contributed by atoms with Crippen molar-refractivity contribution in [1.29, 1.82) is 0 Å². The predicted molar refractivity (Wildman–Crippen MR) is 103 cm³/mol. The molecule has 0 spiro atoms. The van der Waals surface area contributed by atoms with Crippen LogP contribution in [0, 0.1) is 0 Å². The first-order chi connectivity index (χ1) is 12.4. The van der Waals surface area contributed by atoms with Crippen LogP contribution >= 0.6 is 15.9 Å². The molecule has 0 bridgehead atoms. The molecule has 2 aromatic carbocycles.